The zero-order valence-electron chi connectivity index (χ0n) is 25.5. The summed E-state index contributed by atoms with van der Waals surface area (Å²) in [5.74, 6) is -0.152. The van der Waals surface area contributed by atoms with Gasteiger partial charge in [0.05, 0.1) is 0 Å². The number of carbonyl (C=O) groups excluding carboxylic acids is 3. The summed E-state index contributed by atoms with van der Waals surface area (Å²) in [6.45, 7) is 11.5. The van der Waals surface area contributed by atoms with Crippen molar-refractivity contribution in [2.24, 2.45) is 5.92 Å². The molecule has 0 bridgehead atoms. The molecule has 4 unspecified atom stereocenters. The maximum Gasteiger partial charge on any atom is 0.408 e. The van der Waals surface area contributed by atoms with Gasteiger partial charge in [-0.25, -0.2) is 4.79 Å². The Bertz CT molecular complexity index is 1220. The maximum absolute atomic E-state index is 14.7. The summed E-state index contributed by atoms with van der Waals surface area (Å²) in [6, 6.07) is 13.9. The largest absolute Gasteiger partial charge is 0.444 e. The molecule has 2 fully saturated rings. The summed E-state index contributed by atoms with van der Waals surface area (Å²) >= 11 is 0. The van der Waals surface area contributed by atoms with Crippen LogP contribution in [-0.2, 0) is 20.7 Å². The molecule has 2 aliphatic carbocycles. The van der Waals surface area contributed by atoms with Gasteiger partial charge in [0, 0.05) is 18.5 Å². The van der Waals surface area contributed by atoms with Gasteiger partial charge in [-0.1, -0.05) is 74.7 Å². The number of aryl methyl sites for hydroxylation is 1. The summed E-state index contributed by atoms with van der Waals surface area (Å²) in [5, 5.41) is 6.18. The van der Waals surface area contributed by atoms with E-state index in [4.69, 9.17) is 4.74 Å². The zero-order valence-corrected chi connectivity index (χ0v) is 25.5. The molecule has 0 spiro atoms. The highest BCUT2D eigenvalue weighted by atomic mass is 16.6. The first-order chi connectivity index (χ1) is 19.4. The third-order valence-corrected chi connectivity index (χ3v) is 8.37. The lowest BCUT2D eigenvalue weighted by Gasteiger charge is -2.37. The van der Waals surface area contributed by atoms with Crippen LogP contribution >= 0.6 is 0 Å². The van der Waals surface area contributed by atoms with E-state index >= 15 is 0 Å². The molecule has 0 radical (unpaired) electrons. The Labute approximate surface area is 245 Å². The van der Waals surface area contributed by atoms with Crippen molar-refractivity contribution in [2.75, 3.05) is 0 Å². The van der Waals surface area contributed by atoms with Gasteiger partial charge in [-0.2, -0.15) is 0 Å². The molecule has 0 aromatic heterocycles. The van der Waals surface area contributed by atoms with E-state index in [-0.39, 0.29) is 29.8 Å². The highest BCUT2D eigenvalue weighted by Crippen LogP contribution is 2.42. The quantitative estimate of drug-likeness (QED) is 0.384. The second-order valence-corrected chi connectivity index (χ2v) is 12.9. The van der Waals surface area contributed by atoms with E-state index < -0.39 is 23.8 Å². The molecule has 222 valence electrons. The number of alkyl carbamates (subject to hydrolysis) is 1. The van der Waals surface area contributed by atoms with E-state index in [0.717, 1.165) is 54.4 Å². The Balaban J connectivity index is 1.73. The Kier molecular flexibility index (Phi) is 9.77. The number of benzene rings is 2. The fraction of sp³-hybridized carbons (Fsp3) is 0.559. The molecule has 2 aliphatic rings. The highest BCUT2D eigenvalue weighted by molar-refractivity contribution is 5.93. The van der Waals surface area contributed by atoms with Crippen LogP contribution in [0.5, 0.6) is 0 Å². The monoisotopic (exact) mass is 561 g/mol. The lowest BCUT2D eigenvalue weighted by atomic mass is 9.92. The van der Waals surface area contributed by atoms with E-state index in [9.17, 15) is 14.4 Å². The van der Waals surface area contributed by atoms with Crippen molar-refractivity contribution in [3.63, 3.8) is 0 Å². The molecule has 3 amide bonds. The molecule has 0 saturated heterocycles. The molecule has 7 nitrogen and oxygen atoms in total. The first-order valence-corrected chi connectivity index (χ1v) is 15.2. The van der Waals surface area contributed by atoms with Crippen LogP contribution in [0.1, 0.15) is 94.5 Å². The predicted octanol–water partition coefficient (Wildman–Crippen LogP) is 6.17. The number of carbonyl (C=O) groups is 3. The Morgan fingerprint density at radius 3 is 2.24 bits per heavy atom. The number of nitrogens with zero attached hydrogens (tertiary/aromatic N) is 1. The summed E-state index contributed by atoms with van der Waals surface area (Å²) in [4.78, 5) is 43.7. The van der Waals surface area contributed by atoms with Crippen LogP contribution in [0.25, 0.3) is 0 Å². The van der Waals surface area contributed by atoms with Crippen LogP contribution in [0.15, 0.2) is 48.5 Å². The minimum Gasteiger partial charge on any atom is -0.444 e. The van der Waals surface area contributed by atoms with Crippen molar-refractivity contribution < 1.29 is 19.1 Å². The molecular formula is C34H47N3O4. The van der Waals surface area contributed by atoms with Crippen molar-refractivity contribution in [1.82, 2.24) is 15.5 Å². The first kappa shape index (κ1) is 30.6. The van der Waals surface area contributed by atoms with Gasteiger partial charge in [-0.05, 0) is 82.1 Å². The second kappa shape index (κ2) is 13.1. The number of nitrogens with one attached hydrogen (secondary N) is 2. The lowest BCUT2D eigenvalue weighted by molar-refractivity contribution is -0.143. The second-order valence-electron chi connectivity index (χ2n) is 12.9. The van der Waals surface area contributed by atoms with Crippen LogP contribution in [0.2, 0.25) is 0 Å². The molecule has 0 aliphatic heterocycles. The van der Waals surface area contributed by atoms with Crippen molar-refractivity contribution in [3.8, 4) is 0 Å². The third kappa shape index (κ3) is 8.11. The van der Waals surface area contributed by atoms with E-state index in [1.165, 1.54) is 6.42 Å². The van der Waals surface area contributed by atoms with Gasteiger partial charge in [-0.15, -0.1) is 0 Å². The normalized spacial score (nSPS) is 20.4. The molecule has 0 heterocycles. The topological polar surface area (TPSA) is 87.7 Å². The van der Waals surface area contributed by atoms with Crippen LogP contribution in [0.3, 0.4) is 0 Å². The molecule has 2 N–H and O–H groups in total. The van der Waals surface area contributed by atoms with Crippen molar-refractivity contribution in [2.45, 2.75) is 116 Å². The van der Waals surface area contributed by atoms with Crippen molar-refractivity contribution >= 4 is 17.9 Å². The SMILES string of the molecule is Cc1cccc(C(C(=O)NC2CCCCC2)N(C(=O)C(Cc2ccccc2)NC(=O)OC(C)(C)C)C2CC2C)c1C. The fourth-order valence-corrected chi connectivity index (χ4v) is 5.87. The lowest BCUT2D eigenvalue weighted by Crippen LogP contribution is -2.55. The molecule has 2 aromatic rings. The predicted molar refractivity (Wildman–Crippen MR) is 161 cm³/mol. The minimum atomic E-state index is -0.893. The Morgan fingerprint density at radius 2 is 1.63 bits per heavy atom. The summed E-state index contributed by atoms with van der Waals surface area (Å²) in [6.07, 6.45) is 5.75. The minimum absolute atomic E-state index is 0.0942. The van der Waals surface area contributed by atoms with Crippen molar-refractivity contribution in [1.29, 1.82) is 0 Å². The standard InChI is InChI=1S/C34H47N3O4/c1-22-14-13-19-27(24(22)3)30(31(38)35-26-17-11-8-12-18-26)37(29-20-23(29)2)32(39)28(21-25-15-9-7-10-16-25)36-33(40)41-34(4,5)6/h7,9-10,13-16,19,23,26,28-30H,8,11-12,17-18,20-21H2,1-6H3,(H,35,38)(H,36,40). The number of amides is 3. The number of hydrogen-bond acceptors (Lipinski definition) is 4. The molecular weight excluding hydrogens is 514 g/mol. The van der Waals surface area contributed by atoms with E-state index in [1.807, 2.05) is 62.4 Å². The molecule has 4 atom stereocenters. The average Bonchev–Trinajstić information content (AvgIpc) is 3.64. The number of ether oxygens (including phenoxy) is 1. The van der Waals surface area contributed by atoms with E-state index in [0.29, 0.717) is 6.42 Å². The summed E-state index contributed by atoms with van der Waals surface area (Å²) in [7, 11) is 0. The fourth-order valence-electron chi connectivity index (χ4n) is 5.87. The van der Waals surface area contributed by atoms with Crippen LogP contribution in [0.4, 0.5) is 4.79 Å². The molecule has 2 aromatic carbocycles. The van der Waals surface area contributed by atoms with Gasteiger partial charge in [0.2, 0.25) is 11.8 Å². The summed E-state index contributed by atoms with van der Waals surface area (Å²) < 4.78 is 5.56. The Hall–Kier alpha value is -3.35. The third-order valence-electron chi connectivity index (χ3n) is 8.37. The molecule has 7 heteroatoms. The van der Waals surface area contributed by atoms with Gasteiger partial charge in [-0.3, -0.25) is 9.59 Å². The molecule has 4 rings (SSSR count). The zero-order chi connectivity index (χ0) is 29.7. The summed E-state index contributed by atoms with van der Waals surface area (Å²) in [5.41, 5.74) is 3.11. The van der Waals surface area contributed by atoms with Gasteiger partial charge >= 0.3 is 6.09 Å². The first-order valence-electron chi connectivity index (χ1n) is 15.2. The Morgan fingerprint density at radius 1 is 0.976 bits per heavy atom. The van der Waals surface area contributed by atoms with Crippen LogP contribution < -0.4 is 10.6 Å². The van der Waals surface area contributed by atoms with Gasteiger partial charge in [0.15, 0.2) is 0 Å². The van der Waals surface area contributed by atoms with Gasteiger partial charge < -0.3 is 20.3 Å². The van der Waals surface area contributed by atoms with E-state index in [1.54, 1.807) is 25.7 Å². The smallest absolute Gasteiger partial charge is 0.408 e. The molecule has 41 heavy (non-hydrogen) atoms. The number of hydrogen-bond donors (Lipinski definition) is 2. The van der Waals surface area contributed by atoms with E-state index in [2.05, 4.69) is 17.6 Å². The highest BCUT2D eigenvalue weighted by Gasteiger charge is 2.48. The molecule has 2 saturated carbocycles. The number of rotatable bonds is 9. The van der Waals surface area contributed by atoms with Gasteiger partial charge in [0.1, 0.15) is 17.7 Å². The van der Waals surface area contributed by atoms with Crippen LogP contribution in [-0.4, -0.2) is 46.5 Å². The average molecular weight is 562 g/mol. The van der Waals surface area contributed by atoms with Crippen LogP contribution in [0, 0.1) is 19.8 Å². The maximum atomic E-state index is 14.7. The van der Waals surface area contributed by atoms with Crippen molar-refractivity contribution in [3.05, 3.63) is 70.8 Å². The van der Waals surface area contributed by atoms with Gasteiger partial charge in [0.25, 0.3) is 0 Å².